The number of hydrogen-bond acceptors (Lipinski definition) is 6. The van der Waals surface area contributed by atoms with Crippen LogP contribution in [-0.4, -0.2) is 30.8 Å². The third-order valence-corrected chi connectivity index (χ3v) is 7.41. The summed E-state index contributed by atoms with van der Waals surface area (Å²) in [5.41, 5.74) is 1.55. The number of benzene rings is 2. The van der Waals surface area contributed by atoms with Crippen LogP contribution in [-0.2, 0) is 34.3 Å². The van der Waals surface area contributed by atoms with Crippen molar-refractivity contribution in [3.05, 3.63) is 99.7 Å². The average molecular weight is 481 g/mol. The molecule has 4 aromatic rings. The number of aromatic nitrogens is 1. The van der Waals surface area contributed by atoms with Crippen LogP contribution in [0.5, 0.6) is 0 Å². The fourth-order valence-corrected chi connectivity index (χ4v) is 5.30. The predicted octanol–water partition coefficient (Wildman–Crippen LogP) is 3.86. The molecule has 0 bridgehead atoms. The molecule has 0 unspecified atom stereocenters. The minimum Gasteiger partial charge on any atom is -0.468 e. The number of furan rings is 1. The summed E-state index contributed by atoms with van der Waals surface area (Å²) >= 11 is 0. The van der Waals surface area contributed by atoms with Crippen LogP contribution in [0.15, 0.2) is 81.0 Å². The van der Waals surface area contributed by atoms with Crippen LogP contribution in [0.4, 0.5) is 0 Å². The molecule has 2 heterocycles. The van der Waals surface area contributed by atoms with Gasteiger partial charge in [0.2, 0.25) is 10.0 Å². The Bertz CT molecular complexity index is 1490. The zero-order valence-electron chi connectivity index (χ0n) is 18.8. The molecule has 176 valence electrons. The van der Waals surface area contributed by atoms with Crippen molar-refractivity contribution in [3.63, 3.8) is 0 Å². The average Bonchev–Trinajstić information content (AvgIpc) is 3.36. The summed E-state index contributed by atoms with van der Waals surface area (Å²) in [6, 6.07) is 16.6. The predicted molar refractivity (Wildman–Crippen MR) is 127 cm³/mol. The van der Waals surface area contributed by atoms with E-state index in [2.05, 4.69) is 4.98 Å². The summed E-state index contributed by atoms with van der Waals surface area (Å²) in [7, 11) is -3.04. The first-order valence-electron chi connectivity index (χ1n) is 10.7. The number of rotatable bonds is 8. The number of H-pyrrole nitrogens is 1. The van der Waals surface area contributed by atoms with Crippen molar-refractivity contribution in [1.82, 2.24) is 9.29 Å². The van der Waals surface area contributed by atoms with Crippen LogP contribution in [0.1, 0.15) is 34.2 Å². The second kappa shape index (κ2) is 9.66. The van der Waals surface area contributed by atoms with Crippen molar-refractivity contribution in [1.29, 1.82) is 0 Å². The van der Waals surface area contributed by atoms with E-state index in [0.717, 1.165) is 21.7 Å². The van der Waals surface area contributed by atoms with Gasteiger partial charge in [0.15, 0.2) is 0 Å². The first-order chi connectivity index (χ1) is 16.3. The second-order valence-corrected chi connectivity index (χ2v) is 9.65. The van der Waals surface area contributed by atoms with Gasteiger partial charge in [-0.3, -0.25) is 4.79 Å². The van der Waals surface area contributed by atoms with Crippen molar-refractivity contribution in [2.75, 3.05) is 7.11 Å². The highest BCUT2D eigenvalue weighted by atomic mass is 32.2. The Labute approximate surface area is 196 Å². The van der Waals surface area contributed by atoms with Crippen molar-refractivity contribution in [2.45, 2.75) is 31.3 Å². The molecule has 34 heavy (non-hydrogen) atoms. The van der Waals surface area contributed by atoms with E-state index in [9.17, 15) is 18.0 Å². The molecule has 2 aromatic carbocycles. The smallest absolute Gasteiger partial charge is 0.339 e. The molecule has 0 fully saturated rings. The summed E-state index contributed by atoms with van der Waals surface area (Å²) in [6.07, 6.45) is 2.27. The van der Waals surface area contributed by atoms with Crippen LogP contribution in [0.25, 0.3) is 10.9 Å². The Kier molecular flexibility index (Phi) is 6.67. The van der Waals surface area contributed by atoms with Crippen LogP contribution in [0.2, 0.25) is 0 Å². The van der Waals surface area contributed by atoms with Gasteiger partial charge in [-0.1, -0.05) is 25.1 Å². The number of hydrogen-bond donors (Lipinski definition) is 1. The SMILES string of the molecule is CCc1ccc2[nH]c(=O)c(CN(Cc3ccco3)S(=O)(=O)c3ccccc3C(=O)OC)cc2c1. The number of methoxy groups -OCH3 is 1. The summed E-state index contributed by atoms with van der Waals surface area (Å²) in [4.78, 5) is 27.7. The third-order valence-electron chi connectivity index (χ3n) is 5.56. The highest BCUT2D eigenvalue weighted by Crippen LogP contribution is 2.25. The zero-order chi connectivity index (χ0) is 24.3. The number of fused-ring (bicyclic) bond motifs is 1. The molecular weight excluding hydrogens is 456 g/mol. The zero-order valence-corrected chi connectivity index (χ0v) is 19.6. The van der Waals surface area contributed by atoms with Crippen molar-refractivity contribution < 1.29 is 22.4 Å². The molecule has 0 amide bonds. The molecule has 0 aliphatic rings. The summed E-state index contributed by atoms with van der Waals surface area (Å²) in [6.45, 7) is 1.68. The number of aromatic amines is 1. The van der Waals surface area contributed by atoms with Gasteiger partial charge in [0.05, 0.1) is 30.4 Å². The fraction of sp³-hybridized carbons (Fsp3) is 0.200. The molecule has 0 atom stereocenters. The molecule has 0 radical (unpaired) electrons. The largest absolute Gasteiger partial charge is 0.468 e. The number of esters is 1. The molecule has 0 spiro atoms. The quantitative estimate of drug-likeness (QED) is 0.384. The van der Waals surface area contributed by atoms with Gasteiger partial charge in [-0.25, -0.2) is 13.2 Å². The molecule has 9 heteroatoms. The molecule has 1 N–H and O–H groups in total. The second-order valence-electron chi connectivity index (χ2n) is 7.74. The lowest BCUT2D eigenvalue weighted by Gasteiger charge is -2.22. The standard InChI is InChI=1S/C25H24N2O6S/c1-3-17-10-11-22-18(13-17)14-19(24(28)26-22)15-27(16-20-7-6-12-33-20)34(30,31)23-9-5-4-8-21(23)25(29)32-2/h4-14H,3,15-16H2,1-2H3,(H,26,28). The van der Waals surface area contributed by atoms with E-state index in [1.54, 1.807) is 24.3 Å². The molecular formula is C25H24N2O6S. The first-order valence-corrected chi connectivity index (χ1v) is 12.1. The fourth-order valence-electron chi connectivity index (χ4n) is 3.74. The highest BCUT2D eigenvalue weighted by Gasteiger charge is 2.31. The molecule has 8 nitrogen and oxygen atoms in total. The van der Waals surface area contributed by atoms with Gasteiger partial charge in [0, 0.05) is 17.6 Å². The maximum absolute atomic E-state index is 13.7. The number of aryl methyl sites for hydroxylation is 1. The van der Waals surface area contributed by atoms with E-state index in [0.29, 0.717) is 11.3 Å². The Balaban J connectivity index is 1.81. The molecule has 2 aromatic heterocycles. The van der Waals surface area contributed by atoms with Gasteiger partial charge in [-0.2, -0.15) is 4.31 Å². The maximum atomic E-state index is 13.7. The van der Waals surface area contributed by atoms with Crippen molar-refractivity contribution >= 4 is 26.9 Å². The minimum atomic E-state index is -4.22. The third kappa shape index (κ3) is 4.66. The van der Waals surface area contributed by atoms with E-state index in [1.807, 2.05) is 25.1 Å². The van der Waals surface area contributed by atoms with Gasteiger partial charge >= 0.3 is 5.97 Å². The molecule has 0 aliphatic carbocycles. The van der Waals surface area contributed by atoms with Gasteiger partial charge in [-0.15, -0.1) is 0 Å². The Hall–Kier alpha value is -3.69. The molecule has 0 saturated heterocycles. The molecule has 0 aliphatic heterocycles. The van der Waals surface area contributed by atoms with Gasteiger partial charge in [-0.05, 0) is 59.8 Å². The number of nitrogens with one attached hydrogen (secondary N) is 1. The Morgan fingerprint density at radius 2 is 1.85 bits per heavy atom. The van der Waals surface area contributed by atoms with E-state index >= 15 is 0 Å². The van der Waals surface area contributed by atoms with Gasteiger partial charge < -0.3 is 14.1 Å². The molecule has 0 saturated carbocycles. The maximum Gasteiger partial charge on any atom is 0.339 e. The van der Waals surface area contributed by atoms with Crippen molar-refractivity contribution in [2.24, 2.45) is 0 Å². The minimum absolute atomic E-state index is 0.0885. The van der Waals surface area contributed by atoms with Crippen LogP contribution < -0.4 is 5.56 Å². The summed E-state index contributed by atoms with van der Waals surface area (Å²) < 4.78 is 38.8. The van der Waals surface area contributed by atoms with E-state index < -0.39 is 21.6 Å². The number of sulfonamides is 1. The number of carbonyl (C=O) groups excluding carboxylic acids is 1. The van der Waals surface area contributed by atoms with E-state index in [-0.39, 0.29) is 29.1 Å². The topological polar surface area (TPSA) is 110 Å². The van der Waals surface area contributed by atoms with E-state index in [1.165, 1.54) is 31.6 Å². The summed E-state index contributed by atoms with van der Waals surface area (Å²) in [5.74, 6) is -0.377. The van der Waals surface area contributed by atoms with E-state index in [4.69, 9.17) is 9.15 Å². The van der Waals surface area contributed by atoms with Crippen LogP contribution in [0.3, 0.4) is 0 Å². The number of ether oxygens (including phenoxy) is 1. The van der Waals surface area contributed by atoms with Crippen LogP contribution in [0, 0.1) is 0 Å². The normalized spacial score (nSPS) is 11.7. The lowest BCUT2D eigenvalue weighted by Crippen LogP contribution is -2.33. The van der Waals surface area contributed by atoms with Crippen molar-refractivity contribution in [3.8, 4) is 0 Å². The lowest BCUT2D eigenvalue weighted by atomic mass is 10.1. The first kappa shape index (κ1) is 23.5. The summed E-state index contributed by atoms with van der Waals surface area (Å²) in [5, 5.41) is 0.805. The Morgan fingerprint density at radius 1 is 1.06 bits per heavy atom. The number of carbonyl (C=O) groups is 1. The van der Waals surface area contributed by atoms with Crippen LogP contribution >= 0.6 is 0 Å². The number of pyridine rings is 1. The highest BCUT2D eigenvalue weighted by molar-refractivity contribution is 7.89. The number of nitrogens with zero attached hydrogens (tertiary/aromatic N) is 1. The van der Waals surface area contributed by atoms with Gasteiger partial charge in [0.1, 0.15) is 5.76 Å². The van der Waals surface area contributed by atoms with Gasteiger partial charge in [0.25, 0.3) is 5.56 Å². The Morgan fingerprint density at radius 3 is 2.56 bits per heavy atom. The lowest BCUT2D eigenvalue weighted by molar-refractivity contribution is 0.0596. The monoisotopic (exact) mass is 480 g/mol. The molecule has 4 rings (SSSR count).